The molecular weight excluding hydrogens is 379 g/mol. The van der Waals surface area contributed by atoms with E-state index < -0.39 is 22.5 Å². The first-order chi connectivity index (χ1) is 13.4. The predicted molar refractivity (Wildman–Crippen MR) is 106 cm³/mol. The number of sulfone groups is 1. The van der Waals surface area contributed by atoms with E-state index in [-0.39, 0.29) is 21.2 Å². The molecule has 0 aliphatic heterocycles. The van der Waals surface area contributed by atoms with E-state index in [1.807, 2.05) is 0 Å². The van der Waals surface area contributed by atoms with Gasteiger partial charge >= 0.3 is 0 Å². The lowest BCUT2D eigenvalue weighted by Gasteiger charge is -2.14. The molecule has 3 aromatic carbocycles. The number of aliphatic hydroxyl groups is 2. The zero-order chi connectivity index (χ0) is 20.1. The second-order valence-electron chi connectivity index (χ2n) is 6.19. The van der Waals surface area contributed by atoms with Gasteiger partial charge in [0.1, 0.15) is 11.9 Å². The van der Waals surface area contributed by atoms with Gasteiger partial charge in [-0.15, -0.1) is 0 Å². The molecule has 0 aliphatic rings. The largest absolute Gasteiger partial charge is 0.393 e. The minimum absolute atomic E-state index is 0.0360. The van der Waals surface area contributed by atoms with Gasteiger partial charge in [-0.05, 0) is 41.5 Å². The fourth-order valence-electron chi connectivity index (χ4n) is 2.75. The summed E-state index contributed by atoms with van der Waals surface area (Å²) in [5, 5.41) is 19.1. The topological polar surface area (TPSA) is 74.6 Å². The normalized spacial score (nSPS) is 13.0. The van der Waals surface area contributed by atoms with Crippen molar-refractivity contribution in [2.75, 3.05) is 6.61 Å². The van der Waals surface area contributed by atoms with Crippen LogP contribution in [-0.2, 0) is 9.84 Å². The van der Waals surface area contributed by atoms with Crippen molar-refractivity contribution in [3.63, 3.8) is 0 Å². The number of rotatable bonds is 6. The Morgan fingerprint density at radius 1 is 0.857 bits per heavy atom. The van der Waals surface area contributed by atoms with Gasteiger partial charge in [-0.2, -0.15) is 0 Å². The van der Waals surface area contributed by atoms with Crippen molar-refractivity contribution >= 4 is 22.0 Å². The monoisotopic (exact) mass is 398 g/mol. The molecule has 0 bridgehead atoms. The molecule has 0 fully saturated rings. The Hall–Kier alpha value is -2.80. The van der Waals surface area contributed by atoms with Crippen molar-refractivity contribution in [2.45, 2.75) is 15.9 Å². The highest BCUT2D eigenvalue weighted by Crippen LogP contribution is 2.28. The lowest BCUT2D eigenvalue weighted by atomic mass is 10.1. The molecule has 0 spiro atoms. The van der Waals surface area contributed by atoms with Crippen LogP contribution in [-0.4, -0.2) is 25.2 Å². The maximum Gasteiger partial charge on any atom is 0.206 e. The molecule has 0 radical (unpaired) electrons. The fourth-order valence-corrected chi connectivity index (χ4v) is 4.27. The van der Waals surface area contributed by atoms with E-state index in [1.165, 1.54) is 36.4 Å². The molecule has 28 heavy (non-hydrogen) atoms. The lowest BCUT2D eigenvalue weighted by molar-refractivity contribution is 0.0934. The van der Waals surface area contributed by atoms with E-state index in [9.17, 15) is 23.0 Å². The van der Waals surface area contributed by atoms with Crippen LogP contribution in [0.2, 0.25) is 0 Å². The summed E-state index contributed by atoms with van der Waals surface area (Å²) in [5.74, 6) is -0.307. The molecule has 0 heterocycles. The van der Waals surface area contributed by atoms with Crippen LogP contribution >= 0.6 is 0 Å². The SMILES string of the molecule is O=S(=O)(c1ccc(C=Cc2ccc(F)cc2)cc1)c1ccccc1C(O)CO. The van der Waals surface area contributed by atoms with Crippen LogP contribution in [0, 0.1) is 5.82 Å². The third-order valence-electron chi connectivity index (χ3n) is 4.27. The number of benzene rings is 3. The molecule has 2 N–H and O–H groups in total. The maximum atomic E-state index is 13.0. The van der Waals surface area contributed by atoms with Gasteiger partial charge in [0.05, 0.1) is 16.4 Å². The van der Waals surface area contributed by atoms with Gasteiger partial charge < -0.3 is 10.2 Å². The summed E-state index contributed by atoms with van der Waals surface area (Å²) in [6.45, 7) is -0.570. The second-order valence-corrected chi connectivity index (χ2v) is 8.11. The van der Waals surface area contributed by atoms with Crippen molar-refractivity contribution in [3.8, 4) is 0 Å². The van der Waals surface area contributed by atoms with Gasteiger partial charge in [-0.1, -0.05) is 54.6 Å². The summed E-state index contributed by atoms with van der Waals surface area (Å²) < 4.78 is 38.8. The summed E-state index contributed by atoms with van der Waals surface area (Å²) in [6.07, 6.45) is 2.33. The van der Waals surface area contributed by atoms with E-state index in [0.717, 1.165) is 11.1 Å². The van der Waals surface area contributed by atoms with Gasteiger partial charge in [-0.3, -0.25) is 0 Å². The third-order valence-corrected chi connectivity index (χ3v) is 6.11. The van der Waals surface area contributed by atoms with Gasteiger partial charge in [0, 0.05) is 5.56 Å². The van der Waals surface area contributed by atoms with Crippen LogP contribution in [0.15, 0.2) is 82.6 Å². The molecule has 1 unspecified atom stereocenters. The summed E-state index contributed by atoms with van der Waals surface area (Å²) in [4.78, 5) is 0.0511. The summed E-state index contributed by atoms with van der Waals surface area (Å²) in [5.41, 5.74) is 1.77. The standard InChI is InChI=1S/C22H19FO4S/c23-18-11-7-16(8-12-18)5-6-17-9-13-19(14-10-17)28(26,27)22-4-2-1-3-20(22)21(25)15-24/h1-14,21,24-25H,15H2. The Bertz CT molecular complexity index is 1070. The van der Waals surface area contributed by atoms with E-state index in [0.29, 0.717) is 0 Å². The van der Waals surface area contributed by atoms with Crippen LogP contribution in [0.1, 0.15) is 22.8 Å². The van der Waals surface area contributed by atoms with Crippen LogP contribution < -0.4 is 0 Å². The Morgan fingerprint density at radius 3 is 1.96 bits per heavy atom. The van der Waals surface area contributed by atoms with Gasteiger partial charge in [0.25, 0.3) is 0 Å². The average molecular weight is 398 g/mol. The zero-order valence-electron chi connectivity index (χ0n) is 14.9. The predicted octanol–water partition coefficient (Wildman–Crippen LogP) is 3.85. The minimum Gasteiger partial charge on any atom is -0.393 e. The van der Waals surface area contributed by atoms with Gasteiger partial charge in [-0.25, -0.2) is 12.8 Å². The van der Waals surface area contributed by atoms with Crippen molar-refractivity contribution in [1.29, 1.82) is 0 Å². The number of hydrogen-bond acceptors (Lipinski definition) is 4. The Kier molecular flexibility index (Phi) is 6.04. The number of aliphatic hydroxyl groups excluding tert-OH is 2. The molecule has 0 saturated heterocycles. The second kappa shape index (κ2) is 8.48. The molecule has 0 amide bonds. The first-order valence-corrected chi connectivity index (χ1v) is 10.1. The minimum atomic E-state index is -3.85. The Morgan fingerprint density at radius 2 is 1.39 bits per heavy atom. The lowest BCUT2D eigenvalue weighted by Crippen LogP contribution is -2.11. The number of halogens is 1. The molecule has 0 saturated carbocycles. The highest BCUT2D eigenvalue weighted by molar-refractivity contribution is 7.91. The molecule has 0 aromatic heterocycles. The van der Waals surface area contributed by atoms with Crippen LogP contribution in [0.3, 0.4) is 0 Å². The summed E-state index contributed by atoms with van der Waals surface area (Å²) in [7, 11) is -3.85. The first kappa shape index (κ1) is 19.9. The molecule has 3 aromatic rings. The third kappa shape index (κ3) is 4.36. The van der Waals surface area contributed by atoms with Crippen LogP contribution in [0.4, 0.5) is 4.39 Å². The van der Waals surface area contributed by atoms with Crippen LogP contribution in [0.25, 0.3) is 12.2 Å². The molecule has 1 atom stereocenters. The average Bonchev–Trinajstić information content (AvgIpc) is 2.73. The number of hydrogen-bond donors (Lipinski definition) is 2. The molecule has 6 heteroatoms. The highest BCUT2D eigenvalue weighted by atomic mass is 32.2. The van der Waals surface area contributed by atoms with Gasteiger partial charge in [0.15, 0.2) is 0 Å². The molecule has 4 nitrogen and oxygen atoms in total. The molecule has 144 valence electrons. The Labute approximate surface area is 163 Å². The van der Waals surface area contributed by atoms with E-state index >= 15 is 0 Å². The maximum absolute atomic E-state index is 13.0. The van der Waals surface area contributed by atoms with E-state index in [1.54, 1.807) is 48.6 Å². The van der Waals surface area contributed by atoms with Crippen molar-refractivity contribution < 1.29 is 23.0 Å². The highest BCUT2D eigenvalue weighted by Gasteiger charge is 2.23. The quantitative estimate of drug-likeness (QED) is 0.619. The summed E-state index contributed by atoms with van der Waals surface area (Å²) >= 11 is 0. The zero-order valence-corrected chi connectivity index (χ0v) is 15.7. The van der Waals surface area contributed by atoms with Crippen molar-refractivity contribution in [1.82, 2.24) is 0 Å². The smallest absolute Gasteiger partial charge is 0.206 e. The summed E-state index contributed by atoms with van der Waals surface area (Å²) in [6, 6.07) is 18.4. The van der Waals surface area contributed by atoms with Crippen LogP contribution in [0.5, 0.6) is 0 Å². The fraction of sp³-hybridized carbons (Fsp3) is 0.0909. The van der Waals surface area contributed by atoms with Gasteiger partial charge in [0.2, 0.25) is 9.84 Å². The molecule has 3 rings (SSSR count). The first-order valence-electron chi connectivity index (χ1n) is 8.58. The van der Waals surface area contributed by atoms with E-state index in [4.69, 9.17) is 0 Å². The Balaban J connectivity index is 1.88. The van der Waals surface area contributed by atoms with E-state index in [2.05, 4.69) is 0 Å². The molecular formula is C22H19FO4S. The van der Waals surface area contributed by atoms with Crippen molar-refractivity contribution in [2.24, 2.45) is 0 Å². The van der Waals surface area contributed by atoms with Crippen molar-refractivity contribution in [3.05, 3.63) is 95.3 Å². The molecule has 0 aliphatic carbocycles.